The van der Waals surface area contributed by atoms with Crippen LogP contribution in [0.2, 0.25) is 0 Å². The Morgan fingerprint density at radius 1 is 0.862 bits per heavy atom. The molecule has 0 spiro atoms. The molecule has 154 valence electrons. The van der Waals surface area contributed by atoms with Crippen LogP contribution in [-0.4, -0.2) is 0 Å². The molecule has 0 aliphatic heterocycles. The molecule has 4 heteroatoms. The first kappa shape index (κ1) is 21.4. The van der Waals surface area contributed by atoms with Crippen molar-refractivity contribution < 1.29 is 17.6 Å². The van der Waals surface area contributed by atoms with Crippen molar-refractivity contribution in [2.45, 2.75) is 64.2 Å². The van der Waals surface area contributed by atoms with Gasteiger partial charge in [0.15, 0.2) is 0 Å². The Morgan fingerprint density at radius 3 is 1.97 bits per heavy atom. The predicted octanol–water partition coefficient (Wildman–Crippen LogP) is 7.75. The molecule has 0 nitrogen and oxygen atoms in total. The molecule has 1 fully saturated rings. The van der Waals surface area contributed by atoms with Gasteiger partial charge in [0.1, 0.15) is 23.3 Å². The molecule has 3 rings (SSSR count). The fourth-order valence-corrected chi connectivity index (χ4v) is 4.43. The van der Waals surface area contributed by atoms with Crippen molar-refractivity contribution in [3.63, 3.8) is 0 Å². The Morgan fingerprint density at radius 2 is 1.45 bits per heavy atom. The molecule has 0 atom stereocenters. The summed E-state index contributed by atoms with van der Waals surface area (Å²) in [7, 11) is 0. The molecule has 0 heterocycles. The number of terminal acetylenes is 1. The van der Waals surface area contributed by atoms with Crippen LogP contribution in [0.15, 0.2) is 24.3 Å². The maximum Gasteiger partial charge on any atom is 0.142 e. The molecule has 0 bridgehead atoms. The minimum Gasteiger partial charge on any atom is -0.206 e. The summed E-state index contributed by atoms with van der Waals surface area (Å²) in [5, 5.41) is 0. The molecule has 0 saturated heterocycles. The summed E-state index contributed by atoms with van der Waals surface area (Å²) >= 11 is 0. The van der Waals surface area contributed by atoms with E-state index in [1.807, 2.05) is 5.92 Å². The van der Waals surface area contributed by atoms with Crippen LogP contribution in [0.25, 0.3) is 11.1 Å². The van der Waals surface area contributed by atoms with E-state index in [4.69, 9.17) is 6.42 Å². The SMILES string of the molecule is C#Cc1c(F)cc(-c2c(F)cc(C3CCC(CCCCC)CC3)cc2F)cc1F. The van der Waals surface area contributed by atoms with Crippen LogP contribution >= 0.6 is 0 Å². The molecule has 0 unspecified atom stereocenters. The minimum atomic E-state index is -1.01. The summed E-state index contributed by atoms with van der Waals surface area (Å²) in [5.41, 5.74) is -0.539. The van der Waals surface area contributed by atoms with Crippen molar-refractivity contribution in [1.29, 1.82) is 0 Å². The maximum absolute atomic E-state index is 14.8. The van der Waals surface area contributed by atoms with Crippen LogP contribution in [0.4, 0.5) is 17.6 Å². The van der Waals surface area contributed by atoms with Gasteiger partial charge in [-0.3, -0.25) is 0 Å². The number of hydrogen-bond donors (Lipinski definition) is 0. The average molecular weight is 402 g/mol. The Bertz CT molecular complexity index is 856. The average Bonchev–Trinajstić information content (AvgIpc) is 2.68. The van der Waals surface area contributed by atoms with Crippen molar-refractivity contribution in [2.24, 2.45) is 5.92 Å². The monoisotopic (exact) mass is 402 g/mol. The fraction of sp³-hybridized carbons (Fsp3) is 0.440. The normalized spacial score (nSPS) is 19.2. The van der Waals surface area contributed by atoms with E-state index in [2.05, 4.69) is 6.92 Å². The van der Waals surface area contributed by atoms with Gasteiger partial charge < -0.3 is 0 Å². The largest absolute Gasteiger partial charge is 0.206 e. The van der Waals surface area contributed by atoms with E-state index in [1.165, 1.54) is 37.8 Å². The highest BCUT2D eigenvalue weighted by atomic mass is 19.1. The fourth-order valence-electron chi connectivity index (χ4n) is 4.43. The summed E-state index contributed by atoms with van der Waals surface area (Å²) < 4.78 is 57.4. The maximum atomic E-state index is 14.8. The Hall–Kier alpha value is -2.28. The lowest BCUT2D eigenvalue weighted by atomic mass is 9.77. The van der Waals surface area contributed by atoms with Crippen molar-refractivity contribution in [2.75, 3.05) is 0 Å². The molecule has 0 N–H and O–H groups in total. The topological polar surface area (TPSA) is 0 Å². The van der Waals surface area contributed by atoms with E-state index in [9.17, 15) is 17.6 Å². The van der Waals surface area contributed by atoms with Gasteiger partial charge in [-0.1, -0.05) is 38.5 Å². The van der Waals surface area contributed by atoms with Crippen LogP contribution < -0.4 is 0 Å². The van der Waals surface area contributed by atoms with E-state index in [-0.39, 0.29) is 11.5 Å². The Balaban J connectivity index is 1.78. The molecule has 0 radical (unpaired) electrons. The summed E-state index contributed by atoms with van der Waals surface area (Å²) in [5.74, 6) is -0.906. The number of unbranched alkanes of at least 4 members (excludes halogenated alkanes) is 2. The van der Waals surface area contributed by atoms with Gasteiger partial charge in [0.25, 0.3) is 0 Å². The van der Waals surface area contributed by atoms with Crippen LogP contribution in [0.3, 0.4) is 0 Å². The van der Waals surface area contributed by atoms with Crippen molar-refractivity contribution in [3.05, 3.63) is 58.7 Å². The summed E-state index contributed by atoms with van der Waals surface area (Å²) in [4.78, 5) is 0. The molecule has 1 saturated carbocycles. The molecule has 29 heavy (non-hydrogen) atoms. The van der Waals surface area contributed by atoms with Gasteiger partial charge in [-0.25, -0.2) is 17.6 Å². The van der Waals surface area contributed by atoms with E-state index < -0.39 is 34.4 Å². The first-order valence-electron chi connectivity index (χ1n) is 10.4. The van der Waals surface area contributed by atoms with Gasteiger partial charge in [-0.05, 0) is 72.9 Å². The van der Waals surface area contributed by atoms with Crippen molar-refractivity contribution in [1.82, 2.24) is 0 Å². The lowest BCUT2D eigenvalue weighted by Gasteiger charge is -2.29. The van der Waals surface area contributed by atoms with Gasteiger partial charge in [0.2, 0.25) is 0 Å². The molecule has 2 aromatic carbocycles. The number of halogens is 4. The number of hydrogen-bond acceptors (Lipinski definition) is 0. The highest BCUT2D eigenvalue weighted by Crippen LogP contribution is 2.40. The highest BCUT2D eigenvalue weighted by molar-refractivity contribution is 5.67. The first-order chi connectivity index (χ1) is 13.9. The third-order valence-electron chi connectivity index (χ3n) is 6.07. The van der Waals surface area contributed by atoms with Crippen LogP contribution in [0, 0.1) is 41.5 Å². The van der Waals surface area contributed by atoms with Gasteiger partial charge in [0, 0.05) is 0 Å². The Kier molecular flexibility index (Phi) is 7.00. The van der Waals surface area contributed by atoms with E-state index in [0.29, 0.717) is 11.5 Å². The van der Waals surface area contributed by atoms with Gasteiger partial charge in [-0.15, -0.1) is 6.42 Å². The molecule has 1 aliphatic rings. The molecule has 2 aromatic rings. The van der Waals surface area contributed by atoms with E-state index in [1.54, 1.807) is 0 Å². The van der Waals surface area contributed by atoms with E-state index >= 15 is 0 Å². The quantitative estimate of drug-likeness (QED) is 0.263. The minimum absolute atomic E-state index is 0.118. The predicted molar refractivity (Wildman–Crippen MR) is 108 cm³/mol. The smallest absolute Gasteiger partial charge is 0.142 e. The third-order valence-corrected chi connectivity index (χ3v) is 6.07. The van der Waals surface area contributed by atoms with Gasteiger partial charge >= 0.3 is 0 Å². The van der Waals surface area contributed by atoms with Gasteiger partial charge in [0.05, 0.1) is 11.1 Å². The van der Waals surface area contributed by atoms with Crippen molar-refractivity contribution >= 4 is 0 Å². The van der Waals surface area contributed by atoms with Gasteiger partial charge in [-0.2, -0.15) is 0 Å². The third kappa shape index (κ3) is 4.83. The first-order valence-corrected chi connectivity index (χ1v) is 10.4. The zero-order valence-electron chi connectivity index (χ0n) is 16.7. The van der Waals surface area contributed by atoms with Crippen LogP contribution in [0.5, 0.6) is 0 Å². The molecule has 1 aliphatic carbocycles. The number of benzene rings is 2. The zero-order chi connectivity index (χ0) is 21.0. The lowest BCUT2D eigenvalue weighted by molar-refractivity contribution is 0.302. The summed E-state index contributed by atoms with van der Waals surface area (Å²) in [6.45, 7) is 2.19. The zero-order valence-corrected chi connectivity index (χ0v) is 16.7. The second kappa shape index (κ2) is 9.48. The summed E-state index contributed by atoms with van der Waals surface area (Å²) in [6, 6.07) is 4.37. The lowest BCUT2D eigenvalue weighted by Crippen LogP contribution is -2.14. The molecule has 0 amide bonds. The molecular formula is C25H26F4. The number of rotatable bonds is 6. The van der Waals surface area contributed by atoms with Crippen molar-refractivity contribution in [3.8, 4) is 23.5 Å². The second-order valence-electron chi connectivity index (χ2n) is 8.03. The molecule has 0 aromatic heterocycles. The van der Waals surface area contributed by atoms with Crippen LogP contribution in [0.1, 0.15) is 75.3 Å². The van der Waals surface area contributed by atoms with E-state index in [0.717, 1.165) is 37.8 Å². The second-order valence-corrected chi connectivity index (χ2v) is 8.03. The standard InChI is InChI=1S/C25H26F4/c1-3-5-6-7-16-8-10-17(11-9-16)18-12-23(28)25(24(29)13-18)19-14-21(26)20(4-2)22(27)15-19/h2,12-17H,3,5-11H2,1H3. The summed E-state index contributed by atoms with van der Waals surface area (Å²) in [6.07, 6.45) is 14.0. The Labute approximate surface area is 170 Å². The van der Waals surface area contributed by atoms with Crippen LogP contribution in [-0.2, 0) is 0 Å². The molecular weight excluding hydrogens is 376 g/mol. The highest BCUT2D eigenvalue weighted by Gasteiger charge is 2.25.